The third kappa shape index (κ3) is 3.89. The zero-order valence-electron chi connectivity index (χ0n) is 18.1. The van der Waals surface area contributed by atoms with Gasteiger partial charge in [0, 0.05) is 11.3 Å². The van der Waals surface area contributed by atoms with Crippen LogP contribution in [0.1, 0.15) is 30.0 Å². The van der Waals surface area contributed by atoms with Crippen LogP contribution in [0.2, 0.25) is 0 Å². The van der Waals surface area contributed by atoms with Gasteiger partial charge in [0.2, 0.25) is 5.82 Å². The molecule has 6 nitrogen and oxygen atoms in total. The molecule has 1 aromatic heterocycles. The van der Waals surface area contributed by atoms with Gasteiger partial charge in [-0.15, -0.1) is 0 Å². The van der Waals surface area contributed by atoms with Crippen molar-refractivity contribution in [3.05, 3.63) is 107 Å². The molecule has 1 N–H and O–H groups in total. The van der Waals surface area contributed by atoms with Crippen molar-refractivity contribution in [3.8, 4) is 11.4 Å². The molecule has 3 aromatic carbocycles. The number of carbonyl (C=O) groups is 1. The van der Waals surface area contributed by atoms with Crippen molar-refractivity contribution in [2.24, 2.45) is 0 Å². The van der Waals surface area contributed by atoms with Gasteiger partial charge in [-0.25, -0.2) is 9.18 Å². The van der Waals surface area contributed by atoms with E-state index >= 15 is 0 Å². The summed E-state index contributed by atoms with van der Waals surface area (Å²) in [6, 6.07) is 22.3. The Morgan fingerprint density at radius 2 is 1.64 bits per heavy atom. The third-order valence-corrected chi connectivity index (χ3v) is 5.67. The monoisotopic (exact) mass is 440 g/mol. The maximum atomic E-state index is 13.6. The minimum Gasteiger partial charge on any atom is -0.334 e. The van der Waals surface area contributed by atoms with Gasteiger partial charge >= 0.3 is 6.03 Å². The van der Waals surface area contributed by atoms with Crippen LogP contribution in [0.4, 0.5) is 14.9 Å². The predicted molar refractivity (Wildman–Crippen MR) is 124 cm³/mol. The summed E-state index contributed by atoms with van der Waals surface area (Å²) < 4.78 is 19.3. The summed E-state index contributed by atoms with van der Waals surface area (Å²) in [4.78, 5) is 19.3. The molecular formula is C26H21FN4O2. The first-order valence-corrected chi connectivity index (χ1v) is 10.5. The maximum Gasteiger partial charge on any atom is 0.326 e. The van der Waals surface area contributed by atoms with Gasteiger partial charge in [-0.2, -0.15) is 4.98 Å². The van der Waals surface area contributed by atoms with Crippen LogP contribution in [0.15, 0.2) is 89.1 Å². The number of benzene rings is 3. The molecule has 0 saturated carbocycles. The van der Waals surface area contributed by atoms with Crippen LogP contribution in [-0.4, -0.2) is 16.2 Å². The zero-order chi connectivity index (χ0) is 22.9. The molecule has 0 saturated heterocycles. The Kier molecular flexibility index (Phi) is 5.22. The minimum atomic E-state index is -0.579. The van der Waals surface area contributed by atoms with Crippen LogP contribution in [0, 0.1) is 12.7 Å². The Hall–Kier alpha value is -4.26. The van der Waals surface area contributed by atoms with Gasteiger partial charge in [-0.1, -0.05) is 65.3 Å². The highest BCUT2D eigenvalue weighted by Gasteiger charge is 2.36. The topological polar surface area (TPSA) is 71.3 Å². The molecule has 164 valence electrons. The van der Waals surface area contributed by atoms with Crippen molar-refractivity contribution in [1.82, 2.24) is 15.5 Å². The number of aryl methyl sites for hydroxylation is 1. The summed E-state index contributed by atoms with van der Waals surface area (Å²) in [6.45, 7) is 3.85. The molecule has 1 unspecified atom stereocenters. The molecular weight excluding hydrogens is 419 g/mol. The van der Waals surface area contributed by atoms with E-state index in [1.165, 1.54) is 12.1 Å². The number of halogens is 1. The lowest BCUT2D eigenvalue weighted by molar-refractivity contribution is 0.244. The molecule has 4 aromatic rings. The fourth-order valence-electron chi connectivity index (χ4n) is 3.97. The Balaban J connectivity index is 1.64. The van der Waals surface area contributed by atoms with E-state index in [1.54, 1.807) is 17.0 Å². The molecule has 33 heavy (non-hydrogen) atoms. The number of anilines is 1. The van der Waals surface area contributed by atoms with Gasteiger partial charge in [0.05, 0.1) is 17.3 Å². The molecule has 1 aliphatic rings. The lowest BCUT2D eigenvalue weighted by atomic mass is 9.94. The number of amides is 2. The number of allylic oxidation sites excluding steroid dienone is 1. The van der Waals surface area contributed by atoms with E-state index in [-0.39, 0.29) is 11.8 Å². The van der Waals surface area contributed by atoms with E-state index in [4.69, 9.17) is 4.52 Å². The van der Waals surface area contributed by atoms with Gasteiger partial charge in [0.1, 0.15) is 5.82 Å². The molecule has 1 atom stereocenters. The van der Waals surface area contributed by atoms with Gasteiger partial charge in [-0.3, -0.25) is 4.90 Å². The minimum absolute atomic E-state index is 0.290. The van der Waals surface area contributed by atoms with Crippen molar-refractivity contribution in [1.29, 1.82) is 0 Å². The van der Waals surface area contributed by atoms with Gasteiger partial charge in [-0.05, 0) is 43.7 Å². The summed E-state index contributed by atoms with van der Waals surface area (Å²) in [5.74, 6) is 0.387. The highest BCUT2D eigenvalue weighted by molar-refractivity contribution is 6.01. The molecule has 0 aliphatic carbocycles. The average molecular weight is 440 g/mol. The van der Waals surface area contributed by atoms with Gasteiger partial charge in [0.15, 0.2) is 0 Å². The van der Waals surface area contributed by atoms with E-state index < -0.39 is 6.04 Å². The first kappa shape index (κ1) is 20.6. The maximum absolute atomic E-state index is 13.6. The van der Waals surface area contributed by atoms with Crippen LogP contribution in [-0.2, 0) is 0 Å². The summed E-state index contributed by atoms with van der Waals surface area (Å²) in [5.41, 5.74) is 4.68. The number of urea groups is 1. The van der Waals surface area contributed by atoms with Crippen molar-refractivity contribution in [3.63, 3.8) is 0 Å². The molecule has 2 amide bonds. The Labute approximate surface area is 190 Å². The van der Waals surface area contributed by atoms with Gasteiger partial charge in [0.25, 0.3) is 5.89 Å². The number of nitrogens with one attached hydrogen (secondary N) is 1. The molecule has 0 radical (unpaired) electrons. The van der Waals surface area contributed by atoms with Crippen LogP contribution in [0.25, 0.3) is 17.0 Å². The number of para-hydroxylation sites is 1. The second-order valence-electron chi connectivity index (χ2n) is 7.89. The van der Waals surface area contributed by atoms with Crippen molar-refractivity contribution in [2.75, 3.05) is 4.90 Å². The summed E-state index contributed by atoms with van der Waals surface area (Å²) >= 11 is 0. The number of hydrogen-bond acceptors (Lipinski definition) is 4. The summed E-state index contributed by atoms with van der Waals surface area (Å²) in [5, 5.41) is 7.19. The third-order valence-electron chi connectivity index (χ3n) is 5.67. The number of hydrogen-bond donors (Lipinski definition) is 1. The van der Waals surface area contributed by atoms with Crippen LogP contribution >= 0.6 is 0 Å². The quantitative estimate of drug-likeness (QED) is 0.430. The molecule has 5 rings (SSSR count). The Bertz CT molecular complexity index is 1330. The summed E-state index contributed by atoms with van der Waals surface area (Å²) in [7, 11) is 0. The average Bonchev–Trinajstić information content (AvgIpc) is 3.30. The molecule has 1 aliphatic heterocycles. The van der Waals surface area contributed by atoms with Crippen LogP contribution in [0.3, 0.4) is 0 Å². The first-order chi connectivity index (χ1) is 16.0. The zero-order valence-corrected chi connectivity index (χ0v) is 18.1. The number of nitrogens with zero attached hydrogens (tertiary/aromatic N) is 3. The lowest BCUT2D eigenvalue weighted by Gasteiger charge is -2.35. The fourth-order valence-corrected chi connectivity index (χ4v) is 3.97. The SMILES string of the molecule is CC1=C(c2nc(-c3ccc(C)cc3)no2)C(c2ccc(F)cc2)NC(=O)N1c1ccccc1. The predicted octanol–water partition coefficient (Wildman–Crippen LogP) is 5.89. The second kappa shape index (κ2) is 8.35. The fraction of sp³-hybridized carbons (Fsp3) is 0.115. The molecule has 0 fully saturated rings. The number of aromatic nitrogens is 2. The van der Waals surface area contributed by atoms with E-state index in [9.17, 15) is 9.18 Å². The van der Waals surface area contributed by atoms with Crippen molar-refractivity contribution < 1.29 is 13.7 Å². The normalized spacial score (nSPS) is 16.2. The molecule has 0 spiro atoms. The highest BCUT2D eigenvalue weighted by Crippen LogP contribution is 2.39. The van der Waals surface area contributed by atoms with Crippen LogP contribution < -0.4 is 10.2 Å². The summed E-state index contributed by atoms with van der Waals surface area (Å²) in [6.07, 6.45) is 0. The highest BCUT2D eigenvalue weighted by atomic mass is 19.1. The molecule has 0 bridgehead atoms. The van der Waals surface area contributed by atoms with E-state index in [2.05, 4.69) is 15.5 Å². The van der Waals surface area contributed by atoms with E-state index in [0.29, 0.717) is 34.2 Å². The molecule has 7 heteroatoms. The largest absolute Gasteiger partial charge is 0.334 e. The standard InChI is InChI=1S/C26H21FN4O2/c1-16-8-10-19(11-9-16)24-29-25(33-30-24)22-17(2)31(21-6-4-3-5-7-21)26(32)28-23(22)18-12-14-20(27)15-13-18/h3-15,23H,1-2H3,(H,28,32). The van der Waals surface area contributed by atoms with Crippen molar-refractivity contribution in [2.45, 2.75) is 19.9 Å². The lowest BCUT2D eigenvalue weighted by Crippen LogP contribution is -2.46. The Morgan fingerprint density at radius 1 is 0.939 bits per heavy atom. The van der Waals surface area contributed by atoms with Crippen molar-refractivity contribution >= 4 is 17.3 Å². The van der Waals surface area contributed by atoms with Gasteiger partial charge < -0.3 is 9.84 Å². The first-order valence-electron chi connectivity index (χ1n) is 10.5. The van der Waals surface area contributed by atoms with E-state index in [1.807, 2.05) is 68.4 Å². The number of rotatable bonds is 4. The molecule has 2 heterocycles. The second-order valence-corrected chi connectivity index (χ2v) is 7.89. The smallest absolute Gasteiger partial charge is 0.326 e. The number of carbonyl (C=O) groups excluding carboxylic acids is 1. The Morgan fingerprint density at radius 3 is 2.33 bits per heavy atom. The van der Waals surface area contributed by atoms with E-state index in [0.717, 1.165) is 11.1 Å². The van der Waals surface area contributed by atoms with Crippen LogP contribution in [0.5, 0.6) is 0 Å².